The second kappa shape index (κ2) is 11.8. The largest absolute Gasteiger partial charge is 0.601 e. The smallest absolute Gasteiger partial charge is 0.415 e. The summed E-state index contributed by atoms with van der Waals surface area (Å²) in [4.78, 5) is 10.9. The fraction of sp³-hybridized carbons (Fsp3) is 0.0625. The van der Waals surface area contributed by atoms with Gasteiger partial charge in [0.25, 0.3) is 0 Å². The number of hydrogen-bond donors (Lipinski definition) is 0. The Kier molecular flexibility index (Phi) is 8.10. The summed E-state index contributed by atoms with van der Waals surface area (Å²) in [5.41, 5.74) is 6.38. The van der Waals surface area contributed by atoms with Crippen molar-refractivity contribution >= 4 is 34.1 Å². The lowest BCUT2D eigenvalue weighted by Crippen LogP contribution is -2.74. The first-order chi connectivity index (χ1) is 17.7. The second-order valence-corrected chi connectivity index (χ2v) is 8.77. The van der Waals surface area contributed by atoms with Crippen LogP contribution in [0.15, 0.2) is 146 Å². The molecule has 0 aliphatic heterocycles. The predicted octanol–water partition coefficient (Wildman–Crippen LogP) is 3.96. The van der Waals surface area contributed by atoms with E-state index in [1.807, 2.05) is 13.0 Å². The Bertz CT molecular complexity index is 1210. The summed E-state index contributed by atoms with van der Waals surface area (Å²) in [5, 5.41) is 0. The van der Waals surface area contributed by atoms with Gasteiger partial charge in [-0.1, -0.05) is 126 Å². The van der Waals surface area contributed by atoms with Crippen molar-refractivity contribution in [2.24, 2.45) is 0 Å². The van der Waals surface area contributed by atoms with Crippen molar-refractivity contribution in [2.45, 2.75) is 6.92 Å². The van der Waals surface area contributed by atoms with Crippen molar-refractivity contribution < 1.29 is 14.1 Å². The summed E-state index contributed by atoms with van der Waals surface area (Å²) in [6.45, 7) is 1.92. The second-order valence-electron chi connectivity index (χ2n) is 8.77. The molecular weight excluding hydrogens is 441 g/mol. The quantitative estimate of drug-likeness (QED) is 0.294. The minimum atomic E-state index is -1.22. The van der Waals surface area contributed by atoms with E-state index in [-0.39, 0.29) is 6.09 Å². The van der Waals surface area contributed by atoms with Crippen LogP contribution in [0.25, 0.3) is 0 Å². The number of carbonyl (C=O) groups is 1. The highest BCUT2D eigenvalue weighted by molar-refractivity contribution is 7.19. The first kappa shape index (κ1) is 24.7. The van der Waals surface area contributed by atoms with Crippen LogP contribution >= 0.6 is 0 Å². The maximum atomic E-state index is 10.9. The number of rotatable bonds is 4. The minimum absolute atomic E-state index is 0.367. The van der Waals surface area contributed by atoms with Gasteiger partial charge in [0, 0.05) is 11.6 Å². The molecule has 0 bridgehead atoms. The third kappa shape index (κ3) is 5.28. The average Bonchev–Trinajstić information content (AvgIpc) is 2.96. The highest BCUT2D eigenvalue weighted by Gasteiger charge is 2.31. The van der Waals surface area contributed by atoms with Crippen LogP contribution < -0.4 is 26.4 Å². The molecule has 0 saturated heterocycles. The van der Waals surface area contributed by atoms with E-state index in [1.165, 1.54) is 33.5 Å². The molecule has 0 unspecified atom stereocenters. The Balaban J connectivity index is 0.000000233. The van der Waals surface area contributed by atoms with Crippen LogP contribution in [0.5, 0.6) is 0 Å². The van der Waals surface area contributed by atoms with E-state index in [4.69, 9.17) is 0 Å². The molecule has 1 aromatic heterocycles. The van der Waals surface area contributed by atoms with E-state index in [0.29, 0.717) is 0 Å². The lowest BCUT2D eigenvalue weighted by molar-refractivity contribution is -0.585. The number of nitrogens with zero attached hydrogens (tertiary/aromatic N) is 1. The van der Waals surface area contributed by atoms with Crippen LogP contribution in [0, 0.1) is 6.92 Å². The van der Waals surface area contributed by atoms with Gasteiger partial charge in [-0.25, -0.2) is 0 Å². The summed E-state index contributed by atoms with van der Waals surface area (Å²) < 4.78 is 5.91. The van der Waals surface area contributed by atoms with Gasteiger partial charge >= 0.3 is 6.09 Å². The van der Waals surface area contributed by atoms with Crippen LogP contribution in [-0.2, 0) is 4.74 Å². The molecule has 5 aromatic rings. The Hall–Kier alpha value is -4.44. The summed E-state index contributed by atoms with van der Waals surface area (Å²) in [5.74, 6) is 0. The number of hydrogen-bond acceptors (Lipinski definition) is 2. The normalized spacial score (nSPS) is 10.6. The van der Waals surface area contributed by atoms with Crippen LogP contribution in [-0.4, -0.2) is 19.3 Å². The fourth-order valence-corrected chi connectivity index (χ4v) is 4.93. The third-order valence-corrected chi connectivity index (χ3v) is 6.53. The first-order valence-corrected chi connectivity index (χ1v) is 12.1. The summed E-state index contributed by atoms with van der Waals surface area (Å²) >= 11 is 0. The van der Waals surface area contributed by atoms with Crippen LogP contribution in [0.4, 0.5) is 4.79 Å². The topological polar surface area (TPSA) is 30.2 Å². The van der Waals surface area contributed by atoms with E-state index in [2.05, 4.69) is 126 Å². The maximum absolute atomic E-state index is 10.9. The molecule has 5 rings (SSSR count). The van der Waals surface area contributed by atoms with Gasteiger partial charge in [0.05, 0.1) is 7.11 Å². The van der Waals surface area contributed by atoms with Gasteiger partial charge in [0.15, 0.2) is 12.4 Å². The molecule has 0 saturated carbocycles. The van der Waals surface area contributed by atoms with Crippen LogP contribution in [0.2, 0.25) is 0 Å². The predicted molar refractivity (Wildman–Crippen MR) is 149 cm³/mol. The Morgan fingerprint density at radius 2 is 0.944 bits per heavy atom. The number of ether oxygens (including phenoxy) is 1. The zero-order chi connectivity index (χ0) is 25.2. The molecule has 4 aromatic carbocycles. The van der Waals surface area contributed by atoms with E-state index < -0.39 is 6.15 Å². The molecule has 0 aliphatic carbocycles. The Labute approximate surface area is 213 Å². The molecule has 4 heteroatoms. The Morgan fingerprint density at radius 1 is 0.583 bits per heavy atom. The van der Waals surface area contributed by atoms with Crippen molar-refractivity contribution in [3.05, 3.63) is 151 Å². The lowest BCUT2D eigenvalue weighted by Gasteiger charge is -2.44. The maximum Gasteiger partial charge on any atom is 0.601 e. The SMILES string of the molecule is COC(=O)[n+]1cccc(C)c1.c1ccc([B-](c2ccccc2)(c2ccccc2)c2ccccc2)cc1. The van der Waals surface area contributed by atoms with Gasteiger partial charge < -0.3 is 4.74 Å². The molecule has 0 fully saturated rings. The van der Waals surface area contributed by atoms with Crippen molar-refractivity contribution in [3.63, 3.8) is 0 Å². The summed E-state index contributed by atoms with van der Waals surface area (Å²) in [7, 11) is 1.36. The standard InChI is InChI=1S/C24H20B.C8H10NO2/c1-5-13-21(14-6-1)25(22-15-7-2-8-16-22,23-17-9-3-10-18-23)24-19-11-4-12-20-24;1-7-4-3-5-9(6-7)8(10)11-2/h1-20H;3-6H,1-2H3/q-1;+1. The Morgan fingerprint density at radius 3 is 1.25 bits per heavy atom. The highest BCUT2D eigenvalue weighted by Crippen LogP contribution is 2.09. The van der Waals surface area contributed by atoms with E-state index in [0.717, 1.165) is 5.56 Å². The summed E-state index contributed by atoms with van der Waals surface area (Å²) in [6, 6.07) is 47.2. The molecule has 0 spiro atoms. The minimum Gasteiger partial charge on any atom is -0.415 e. The van der Waals surface area contributed by atoms with E-state index >= 15 is 0 Å². The van der Waals surface area contributed by atoms with Gasteiger partial charge in [-0.3, -0.25) is 0 Å². The molecule has 1 heterocycles. The van der Waals surface area contributed by atoms with Crippen molar-refractivity contribution in [1.29, 1.82) is 0 Å². The zero-order valence-electron chi connectivity index (χ0n) is 20.7. The number of benzene rings is 4. The van der Waals surface area contributed by atoms with Crippen LogP contribution in [0.3, 0.4) is 0 Å². The molecule has 0 amide bonds. The van der Waals surface area contributed by atoms with Crippen molar-refractivity contribution in [1.82, 2.24) is 0 Å². The number of methoxy groups -OCH3 is 1. The number of aryl methyl sites for hydroxylation is 1. The van der Waals surface area contributed by atoms with Crippen molar-refractivity contribution in [3.8, 4) is 0 Å². The third-order valence-electron chi connectivity index (χ3n) is 6.53. The van der Waals surface area contributed by atoms with Gasteiger partial charge in [-0.15, -0.1) is 0 Å². The monoisotopic (exact) mass is 471 g/mol. The molecule has 0 N–H and O–H groups in total. The van der Waals surface area contributed by atoms with Crippen LogP contribution in [0.1, 0.15) is 5.56 Å². The average molecular weight is 471 g/mol. The van der Waals surface area contributed by atoms with Gasteiger partial charge in [0.1, 0.15) is 6.15 Å². The van der Waals surface area contributed by atoms with Gasteiger partial charge in [-0.2, -0.15) is 26.6 Å². The number of aromatic nitrogens is 1. The summed E-state index contributed by atoms with van der Waals surface area (Å²) in [6.07, 6.45) is 1.78. The highest BCUT2D eigenvalue weighted by atomic mass is 16.5. The molecular formula is C32H30BNO2. The van der Waals surface area contributed by atoms with E-state index in [9.17, 15) is 4.79 Å². The van der Waals surface area contributed by atoms with E-state index in [1.54, 1.807) is 18.5 Å². The molecule has 0 aliphatic rings. The van der Waals surface area contributed by atoms with Gasteiger partial charge in [-0.05, 0) is 13.0 Å². The fourth-order valence-electron chi connectivity index (χ4n) is 4.93. The van der Waals surface area contributed by atoms with Gasteiger partial charge in [0.2, 0.25) is 0 Å². The first-order valence-electron chi connectivity index (χ1n) is 12.1. The van der Waals surface area contributed by atoms with Crippen molar-refractivity contribution in [2.75, 3.05) is 7.11 Å². The molecule has 0 atom stereocenters. The number of carbonyl (C=O) groups excluding carboxylic acids is 1. The molecule has 178 valence electrons. The molecule has 36 heavy (non-hydrogen) atoms. The lowest BCUT2D eigenvalue weighted by atomic mass is 9.13. The zero-order valence-corrected chi connectivity index (χ0v) is 20.7. The molecule has 0 radical (unpaired) electrons. The molecule has 3 nitrogen and oxygen atoms in total. The number of pyridine rings is 1.